The number of sulfonamides is 1. The molecule has 1 aliphatic heterocycles. The molecule has 1 N–H and O–H groups in total. The summed E-state index contributed by atoms with van der Waals surface area (Å²) in [5.41, 5.74) is 0. The van der Waals surface area contributed by atoms with E-state index in [-0.39, 0.29) is 4.90 Å². The van der Waals surface area contributed by atoms with E-state index in [1.165, 1.54) is 35.6 Å². The molecule has 0 radical (unpaired) electrons. The van der Waals surface area contributed by atoms with E-state index in [4.69, 9.17) is 9.47 Å². The van der Waals surface area contributed by atoms with Crippen LogP contribution in [0.5, 0.6) is 11.5 Å². The number of carbonyl (C=O) groups excluding carboxylic acids is 1. The van der Waals surface area contributed by atoms with Crippen molar-refractivity contribution in [3.05, 3.63) is 45.1 Å². The maximum Gasteiger partial charge on any atom is 0.264 e. The van der Waals surface area contributed by atoms with Gasteiger partial charge in [-0.2, -0.15) is 0 Å². The Balaban J connectivity index is 1.74. The van der Waals surface area contributed by atoms with E-state index in [9.17, 15) is 13.2 Å². The molecule has 1 aliphatic rings. The summed E-state index contributed by atoms with van der Waals surface area (Å²) in [4.78, 5) is 12.7. The van der Waals surface area contributed by atoms with Crippen LogP contribution in [0.2, 0.25) is 0 Å². The number of fused-ring (bicyclic) bond motifs is 1. The Morgan fingerprint density at radius 1 is 1.16 bits per heavy atom. The molecule has 2 heterocycles. The van der Waals surface area contributed by atoms with Crippen LogP contribution in [0, 0.1) is 0 Å². The molecule has 0 aliphatic carbocycles. The zero-order valence-electron chi connectivity index (χ0n) is 12.9. The molecule has 0 spiro atoms. The minimum Gasteiger partial charge on any atom is -0.490 e. The first-order valence-electron chi connectivity index (χ1n) is 7.34. The Morgan fingerprint density at radius 3 is 2.64 bits per heavy atom. The summed E-state index contributed by atoms with van der Waals surface area (Å²) in [5, 5.41) is 0. The van der Waals surface area contributed by atoms with Crippen LogP contribution in [0.4, 0.5) is 0 Å². The highest BCUT2D eigenvalue weighted by atomic mass is 79.9. The van der Waals surface area contributed by atoms with Crippen molar-refractivity contribution < 1.29 is 22.7 Å². The third-order valence-electron chi connectivity index (χ3n) is 3.26. The number of hydrogen-bond acceptors (Lipinski definition) is 6. The van der Waals surface area contributed by atoms with Gasteiger partial charge in [-0.1, -0.05) is 0 Å². The second-order valence-electron chi connectivity index (χ2n) is 5.10. The Labute approximate surface area is 157 Å². The molecule has 6 nitrogen and oxygen atoms in total. The van der Waals surface area contributed by atoms with E-state index >= 15 is 0 Å². The molecular formula is C16H14BrNO5S2. The number of amides is 1. The lowest BCUT2D eigenvalue weighted by Gasteiger charge is -2.10. The quantitative estimate of drug-likeness (QED) is 0.733. The largest absolute Gasteiger partial charge is 0.490 e. The van der Waals surface area contributed by atoms with Gasteiger partial charge in [0.1, 0.15) is 0 Å². The topological polar surface area (TPSA) is 81.7 Å². The van der Waals surface area contributed by atoms with E-state index in [1.807, 2.05) is 16.9 Å². The smallest absolute Gasteiger partial charge is 0.264 e. The monoisotopic (exact) mass is 443 g/mol. The first-order chi connectivity index (χ1) is 11.9. The average molecular weight is 444 g/mol. The normalized spacial score (nSPS) is 14.3. The van der Waals surface area contributed by atoms with Gasteiger partial charge in [-0.05, 0) is 46.3 Å². The Hall–Kier alpha value is -1.84. The molecule has 3 rings (SSSR count). The van der Waals surface area contributed by atoms with Crippen LogP contribution in [0.25, 0.3) is 6.08 Å². The summed E-state index contributed by atoms with van der Waals surface area (Å²) in [6, 6.07) is 7.92. The van der Waals surface area contributed by atoms with Gasteiger partial charge in [-0.25, -0.2) is 13.1 Å². The van der Waals surface area contributed by atoms with Crippen molar-refractivity contribution in [1.29, 1.82) is 0 Å². The van der Waals surface area contributed by atoms with Crippen LogP contribution in [0.15, 0.2) is 45.1 Å². The molecule has 132 valence electrons. The van der Waals surface area contributed by atoms with Gasteiger partial charge in [0, 0.05) is 23.4 Å². The molecule has 0 saturated carbocycles. The number of carbonyl (C=O) groups is 1. The maximum absolute atomic E-state index is 12.4. The van der Waals surface area contributed by atoms with Gasteiger partial charge in [-0.15, -0.1) is 11.3 Å². The number of nitrogens with one attached hydrogen (secondary N) is 1. The van der Waals surface area contributed by atoms with Crippen molar-refractivity contribution in [2.75, 3.05) is 13.2 Å². The standard InChI is InChI=1S/C16H14BrNO5S2/c17-15-6-2-11(24-15)3-7-16(19)18-25(20,21)12-4-5-13-14(10-12)23-9-1-8-22-13/h2-7,10H,1,8-9H2,(H,18,19). The number of halogens is 1. The number of hydrogen-bond donors (Lipinski definition) is 1. The van der Waals surface area contributed by atoms with Gasteiger partial charge in [0.15, 0.2) is 11.5 Å². The summed E-state index contributed by atoms with van der Waals surface area (Å²) in [5.74, 6) is 0.120. The Kier molecular flexibility index (Phi) is 5.45. The molecule has 1 aromatic carbocycles. The molecule has 1 amide bonds. The first kappa shape index (κ1) is 18.0. The number of ether oxygens (including phenoxy) is 2. The van der Waals surface area contributed by atoms with Crippen molar-refractivity contribution in [3.63, 3.8) is 0 Å². The lowest BCUT2D eigenvalue weighted by atomic mass is 10.3. The SMILES string of the molecule is O=C(C=Cc1ccc(Br)s1)NS(=O)(=O)c1ccc2c(c1)OCCCO2. The summed E-state index contributed by atoms with van der Waals surface area (Å²) < 4.78 is 38.6. The van der Waals surface area contributed by atoms with E-state index in [1.54, 1.807) is 6.08 Å². The number of thiophene rings is 1. The van der Waals surface area contributed by atoms with E-state index in [0.29, 0.717) is 24.7 Å². The molecule has 25 heavy (non-hydrogen) atoms. The minimum atomic E-state index is -4.00. The van der Waals surface area contributed by atoms with Crippen LogP contribution < -0.4 is 14.2 Å². The van der Waals surface area contributed by atoms with Gasteiger partial charge >= 0.3 is 0 Å². The van der Waals surface area contributed by atoms with Crippen LogP contribution in [0.1, 0.15) is 11.3 Å². The van der Waals surface area contributed by atoms with Crippen molar-refractivity contribution in [2.45, 2.75) is 11.3 Å². The molecule has 0 unspecified atom stereocenters. The summed E-state index contributed by atoms with van der Waals surface area (Å²) in [7, 11) is -4.00. The van der Waals surface area contributed by atoms with Crippen LogP contribution in [-0.2, 0) is 14.8 Å². The first-order valence-corrected chi connectivity index (χ1v) is 10.4. The van der Waals surface area contributed by atoms with Crippen molar-refractivity contribution in [2.24, 2.45) is 0 Å². The Morgan fingerprint density at radius 2 is 1.92 bits per heavy atom. The molecule has 2 aromatic rings. The van der Waals surface area contributed by atoms with E-state index in [0.717, 1.165) is 15.1 Å². The van der Waals surface area contributed by atoms with Crippen molar-refractivity contribution in [3.8, 4) is 11.5 Å². The zero-order valence-corrected chi connectivity index (χ0v) is 16.1. The second-order valence-corrected chi connectivity index (χ2v) is 9.28. The van der Waals surface area contributed by atoms with Gasteiger partial charge in [-0.3, -0.25) is 4.79 Å². The lowest BCUT2D eigenvalue weighted by Crippen LogP contribution is -2.29. The van der Waals surface area contributed by atoms with Gasteiger partial charge in [0.2, 0.25) is 0 Å². The molecule has 0 bridgehead atoms. The maximum atomic E-state index is 12.4. The zero-order chi connectivity index (χ0) is 17.9. The molecule has 9 heteroatoms. The predicted molar refractivity (Wildman–Crippen MR) is 98.4 cm³/mol. The molecular weight excluding hydrogens is 430 g/mol. The van der Waals surface area contributed by atoms with Crippen molar-refractivity contribution in [1.82, 2.24) is 4.72 Å². The highest BCUT2D eigenvalue weighted by molar-refractivity contribution is 9.11. The van der Waals surface area contributed by atoms with Gasteiger partial charge in [0.25, 0.3) is 15.9 Å². The fourth-order valence-electron chi connectivity index (χ4n) is 2.11. The van der Waals surface area contributed by atoms with Crippen LogP contribution >= 0.6 is 27.3 Å². The highest BCUT2D eigenvalue weighted by Gasteiger charge is 2.20. The fourth-order valence-corrected chi connectivity index (χ4v) is 4.40. The molecule has 0 atom stereocenters. The van der Waals surface area contributed by atoms with Gasteiger partial charge in [0.05, 0.1) is 21.9 Å². The highest BCUT2D eigenvalue weighted by Crippen LogP contribution is 2.31. The second kappa shape index (κ2) is 7.59. The molecule has 0 saturated heterocycles. The Bertz CT molecular complexity index is 920. The lowest BCUT2D eigenvalue weighted by molar-refractivity contribution is -0.114. The van der Waals surface area contributed by atoms with Gasteiger partial charge < -0.3 is 9.47 Å². The van der Waals surface area contributed by atoms with E-state index < -0.39 is 15.9 Å². The third kappa shape index (κ3) is 4.62. The number of benzene rings is 1. The minimum absolute atomic E-state index is 0.0580. The number of rotatable bonds is 4. The van der Waals surface area contributed by atoms with Crippen LogP contribution in [0.3, 0.4) is 0 Å². The third-order valence-corrected chi connectivity index (χ3v) is 6.19. The van der Waals surface area contributed by atoms with Crippen LogP contribution in [-0.4, -0.2) is 27.5 Å². The average Bonchev–Trinajstić information content (AvgIpc) is 2.84. The molecule has 0 fully saturated rings. The summed E-state index contributed by atoms with van der Waals surface area (Å²) >= 11 is 4.75. The predicted octanol–water partition coefficient (Wildman–Crippen LogP) is 3.19. The van der Waals surface area contributed by atoms with E-state index in [2.05, 4.69) is 15.9 Å². The fraction of sp³-hybridized carbons (Fsp3) is 0.188. The van der Waals surface area contributed by atoms with Crippen molar-refractivity contribution >= 4 is 49.3 Å². The molecule has 1 aromatic heterocycles. The summed E-state index contributed by atoms with van der Waals surface area (Å²) in [6.07, 6.45) is 3.45. The summed E-state index contributed by atoms with van der Waals surface area (Å²) in [6.45, 7) is 0.960.